The van der Waals surface area contributed by atoms with Crippen molar-refractivity contribution in [2.24, 2.45) is 0 Å². The highest BCUT2D eigenvalue weighted by Crippen LogP contribution is 2.28. The van der Waals surface area contributed by atoms with Crippen LogP contribution in [0, 0.1) is 17.0 Å². The largest absolute Gasteiger partial charge is 0.435 e. The Morgan fingerprint density at radius 2 is 2.05 bits per heavy atom. The van der Waals surface area contributed by atoms with Crippen molar-refractivity contribution in [3.8, 4) is 0 Å². The lowest BCUT2D eigenvalue weighted by molar-refractivity contribution is -0.385. The van der Waals surface area contributed by atoms with Gasteiger partial charge >= 0.3 is 6.18 Å². The molecule has 0 saturated heterocycles. The Kier molecular flexibility index (Phi) is 3.47. The van der Waals surface area contributed by atoms with Gasteiger partial charge in [-0.3, -0.25) is 14.8 Å². The van der Waals surface area contributed by atoms with Crippen molar-refractivity contribution in [1.29, 1.82) is 0 Å². The van der Waals surface area contributed by atoms with Crippen LogP contribution in [0.3, 0.4) is 0 Å². The smallest absolute Gasteiger partial charge is 0.268 e. The third-order valence-electron chi connectivity index (χ3n) is 2.88. The van der Waals surface area contributed by atoms with Crippen molar-refractivity contribution >= 4 is 5.69 Å². The van der Waals surface area contributed by atoms with E-state index in [4.69, 9.17) is 0 Å². The van der Waals surface area contributed by atoms with Gasteiger partial charge in [0, 0.05) is 17.8 Å². The van der Waals surface area contributed by atoms with Crippen LogP contribution in [0.15, 0.2) is 30.5 Å². The van der Waals surface area contributed by atoms with E-state index in [2.05, 4.69) is 5.10 Å². The molecule has 106 valence electrons. The van der Waals surface area contributed by atoms with Crippen molar-refractivity contribution in [2.45, 2.75) is 19.6 Å². The monoisotopic (exact) mass is 285 g/mol. The van der Waals surface area contributed by atoms with Crippen molar-refractivity contribution in [3.63, 3.8) is 0 Å². The predicted octanol–water partition coefficient (Wildman–Crippen LogP) is 3.17. The topological polar surface area (TPSA) is 61.0 Å². The van der Waals surface area contributed by atoms with Gasteiger partial charge in [-0.1, -0.05) is 12.1 Å². The van der Waals surface area contributed by atoms with Crippen LogP contribution < -0.4 is 0 Å². The first-order valence-electron chi connectivity index (χ1n) is 5.62. The molecular formula is C12H10F3N3O2. The molecule has 0 aliphatic heterocycles. The maximum atomic E-state index is 12.4. The number of benzene rings is 1. The fourth-order valence-corrected chi connectivity index (χ4v) is 1.81. The van der Waals surface area contributed by atoms with Gasteiger partial charge in [0.15, 0.2) is 5.69 Å². The summed E-state index contributed by atoms with van der Waals surface area (Å²) in [7, 11) is 0. The highest BCUT2D eigenvalue weighted by molar-refractivity contribution is 5.44. The van der Waals surface area contributed by atoms with E-state index in [1.54, 1.807) is 13.0 Å². The van der Waals surface area contributed by atoms with E-state index in [0.29, 0.717) is 11.1 Å². The van der Waals surface area contributed by atoms with E-state index in [1.807, 2.05) is 0 Å². The molecule has 0 saturated carbocycles. The highest BCUT2D eigenvalue weighted by atomic mass is 19.4. The third-order valence-corrected chi connectivity index (χ3v) is 2.88. The summed E-state index contributed by atoms with van der Waals surface area (Å²) in [4.78, 5) is 10.3. The van der Waals surface area contributed by atoms with Crippen LogP contribution in [0.5, 0.6) is 0 Å². The Morgan fingerprint density at radius 1 is 1.35 bits per heavy atom. The fourth-order valence-electron chi connectivity index (χ4n) is 1.81. The predicted molar refractivity (Wildman–Crippen MR) is 64.2 cm³/mol. The van der Waals surface area contributed by atoms with Crippen LogP contribution in [0.1, 0.15) is 16.8 Å². The summed E-state index contributed by atoms with van der Waals surface area (Å²) >= 11 is 0. The van der Waals surface area contributed by atoms with E-state index in [0.717, 1.165) is 10.7 Å². The molecule has 2 aromatic rings. The molecule has 0 aliphatic carbocycles. The van der Waals surface area contributed by atoms with Crippen LogP contribution in [0.25, 0.3) is 0 Å². The molecule has 0 atom stereocenters. The summed E-state index contributed by atoms with van der Waals surface area (Å²) in [5.41, 5.74) is -0.0798. The Bertz CT molecular complexity index is 650. The summed E-state index contributed by atoms with van der Waals surface area (Å²) in [6.45, 7) is 1.60. The van der Waals surface area contributed by atoms with Crippen LogP contribution in [-0.4, -0.2) is 14.7 Å². The second kappa shape index (κ2) is 4.95. The molecule has 0 amide bonds. The average molecular weight is 285 g/mol. The lowest BCUT2D eigenvalue weighted by Gasteiger charge is -2.07. The fraction of sp³-hybridized carbons (Fsp3) is 0.250. The number of halogens is 3. The molecule has 0 spiro atoms. The molecule has 0 bridgehead atoms. The zero-order chi connectivity index (χ0) is 14.9. The molecule has 0 radical (unpaired) electrons. The second-order valence-corrected chi connectivity index (χ2v) is 4.21. The Hall–Kier alpha value is -2.38. The molecule has 20 heavy (non-hydrogen) atoms. The number of nitro groups is 1. The summed E-state index contributed by atoms with van der Waals surface area (Å²) in [5, 5.41) is 14.2. The van der Waals surface area contributed by atoms with Crippen molar-refractivity contribution in [2.75, 3.05) is 0 Å². The molecule has 8 heteroatoms. The SMILES string of the molecule is Cc1c(Cn2ccc(C(F)(F)F)n2)cccc1[N+](=O)[O-]. The van der Waals surface area contributed by atoms with Gasteiger partial charge in [-0.05, 0) is 18.6 Å². The standard InChI is InChI=1S/C12H10F3N3O2/c1-8-9(3-2-4-10(8)18(19)20)7-17-6-5-11(16-17)12(13,14)15/h2-6H,7H2,1H3. The molecule has 0 aliphatic rings. The van der Waals surface area contributed by atoms with Crippen molar-refractivity contribution in [3.05, 3.63) is 57.4 Å². The first-order valence-corrected chi connectivity index (χ1v) is 5.62. The van der Waals surface area contributed by atoms with Gasteiger partial charge in [-0.25, -0.2) is 0 Å². The number of hydrogen-bond acceptors (Lipinski definition) is 3. The molecule has 1 aromatic heterocycles. The van der Waals surface area contributed by atoms with Crippen LogP contribution in [0.2, 0.25) is 0 Å². The van der Waals surface area contributed by atoms with E-state index in [9.17, 15) is 23.3 Å². The first kappa shape index (κ1) is 14.0. The van der Waals surface area contributed by atoms with Gasteiger partial charge in [-0.2, -0.15) is 18.3 Å². The van der Waals surface area contributed by atoms with E-state index < -0.39 is 16.8 Å². The number of alkyl halides is 3. The maximum Gasteiger partial charge on any atom is 0.435 e. The molecule has 1 aromatic carbocycles. The van der Waals surface area contributed by atoms with Crippen LogP contribution in [-0.2, 0) is 12.7 Å². The van der Waals surface area contributed by atoms with Crippen LogP contribution in [0.4, 0.5) is 18.9 Å². The second-order valence-electron chi connectivity index (χ2n) is 4.21. The molecule has 0 N–H and O–H groups in total. The third kappa shape index (κ3) is 2.79. The zero-order valence-corrected chi connectivity index (χ0v) is 10.4. The summed E-state index contributed by atoms with van der Waals surface area (Å²) in [6.07, 6.45) is -3.30. The lowest BCUT2D eigenvalue weighted by Crippen LogP contribution is -2.09. The zero-order valence-electron chi connectivity index (χ0n) is 10.4. The summed E-state index contributed by atoms with van der Waals surface area (Å²) in [5.74, 6) is 0. The number of aromatic nitrogens is 2. The van der Waals surface area contributed by atoms with E-state index >= 15 is 0 Å². The van der Waals surface area contributed by atoms with E-state index in [-0.39, 0.29) is 12.2 Å². The van der Waals surface area contributed by atoms with Crippen LogP contribution >= 0.6 is 0 Å². The Balaban J connectivity index is 2.29. The number of hydrogen-bond donors (Lipinski definition) is 0. The molecule has 1 heterocycles. The molecule has 0 unspecified atom stereocenters. The number of rotatable bonds is 3. The van der Waals surface area contributed by atoms with Gasteiger partial charge < -0.3 is 0 Å². The molecule has 2 rings (SSSR count). The average Bonchev–Trinajstić information content (AvgIpc) is 2.80. The maximum absolute atomic E-state index is 12.4. The Labute approximate surface area is 111 Å². The summed E-state index contributed by atoms with van der Waals surface area (Å²) < 4.78 is 38.4. The normalized spacial score (nSPS) is 11.6. The van der Waals surface area contributed by atoms with Gasteiger partial charge in [0.05, 0.1) is 11.5 Å². The van der Waals surface area contributed by atoms with E-state index in [1.165, 1.54) is 18.3 Å². The van der Waals surface area contributed by atoms with Gasteiger partial charge in [-0.15, -0.1) is 0 Å². The molecule has 5 nitrogen and oxygen atoms in total. The lowest BCUT2D eigenvalue weighted by atomic mass is 10.1. The van der Waals surface area contributed by atoms with Gasteiger partial charge in [0.1, 0.15) is 0 Å². The van der Waals surface area contributed by atoms with Crippen molar-refractivity contribution < 1.29 is 18.1 Å². The number of nitrogens with zero attached hydrogens (tertiary/aromatic N) is 3. The van der Waals surface area contributed by atoms with Gasteiger partial charge in [0.25, 0.3) is 5.69 Å². The molecular weight excluding hydrogens is 275 g/mol. The summed E-state index contributed by atoms with van der Waals surface area (Å²) in [6, 6.07) is 5.33. The Morgan fingerprint density at radius 3 is 2.60 bits per heavy atom. The molecule has 0 fully saturated rings. The van der Waals surface area contributed by atoms with Gasteiger partial charge in [0.2, 0.25) is 0 Å². The first-order chi connectivity index (χ1) is 9.29. The van der Waals surface area contributed by atoms with Crippen molar-refractivity contribution in [1.82, 2.24) is 9.78 Å². The quantitative estimate of drug-likeness (QED) is 0.642. The minimum atomic E-state index is -4.50. The minimum absolute atomic E-state index is 0.0452. The highest BCUT2D eigenvalue weighted by Gasteiger charge is 2.33. The number of nitro benzene ring substituents is 1. The minimum Gasteiger partial charge on any atom is -0.268 e.